The topological polar surface area (TPSA) is 37.4 Å². The number of fused-ring (bicyclic) bond motifs is 2. The van der Waals surface area contributed by atoms with E-state index in [4.69, 9.17) is 0 Å². The molecule has 0 spiro atoms. The van der Waals surface area contributed by atoms with Gasteiger partial charge in [-0.3, -0.25) is 14.5 Å². The number of nitrogens with zero attached hydrogens (tertiary/aromatic N) is 1. The van der Waals surface area contributed by atoms with Gasteiger partial charge < -0.3 is 0 Å². The Bertz CT molecular complexity index is 297. The molecule has 3 heteroatoms. The molecule has 0 radical (unpaired) electrons. The maximum Gasteiger partial charge on any atom is 0.229 e. The lowest BCUT2D eigenvalue weighted by atomic mass is 9.88. The van der Waals surface area contributed by atoms with Crippen LogP contribution in [0.3, 0.4) is 0 Å². The number of rotatable bonds is 2. The van der Waals surface area contributed by atoms with E-state index in [2.05, 4.69) is 0 Å². The summed E-state index contributed by atoms with van der Waals surface area (Å²) in [6.07, 6.45) is 6.19. The van der Waals surface area contributed by atoms with E-state index in [-0.39, 0.29) is 11.8 Å². The summed E-state index contributed by atoms with van der Waals surface area (Å²) in [5.74, 6) is 2.43. The maximum absolute atomic E-state index is 11.5. The average molecular weight is 207 g/mol. The molecule has 0 aromatic heterocycles. The number of hydrogen-bond donors (Lipinski definition) is 0. The van der Waals surface area contributed by atoms with Gasteiger partial charge in [-0.2, -0.15) is 0 Å². The van der Waals surface area contributed by atoms with Crippen LogP contribution in [-0.4, -0.2) is 23.3 Å². The van der Waals surface area contributed by atoms with Gasteiger partial charge >= 0.3 is 0 Å². The van der Waals surface area contributed by atoms with Gasteiger partial charge in [0.15, 0.2) is 0 Å². The summed E-state index contributed by atoms with van der Waals surface area (Å²) in [6, 6.07) is 0. The third-order valence-electron chi connectivity index (χ3n) is 4.46. The summed E-state index contributed by atoms with van der Waals surface area (Å²) in [7, 11) is 0. The molecule has 0 aromatic rings. The smallest absolute Gasteiger partial charge is 0.229 e. The fraction of sp³-hybridized carbons (Fsp3) is 0.833. The highest BCUT2D eigenvalue weighted by Gasteiger charge is 2.42. The molecule has 0 N–H and O–H groups in total. The van der Waals surface area contributed by atoms with E-state index in [0.29, 0.717) is 18.8 Å². The number of imide groups is 1. The van der Waals surface area contributed by atoms with Gasteiger partial charge in [-0.1, -0.05) is 6.42 Å². The minimum absolute atomic E-state index is 0.0581. The zero-order valence-electron chi connectivity index (χ0n) is 8.95. The maximum atomic E-state index is 11.5. The molecule has 3 fully saturated rings. The third kappa shape index (κ3) is 1.48. The van der Waals surface area contributed by atoms with Crippen molar-refractivity contribution in [1.82, 2.24) is 4.90 Å². The molecule has 2 bridgehead atoms. The summed E-state index contributed by atoms with van der Waals surface area (Å²) in [5.41, 5.74) is 0. The second-order valence-electron chi connectivity index (χ2n) is 5.33. The minimum atomic E-state index is 0.0581. The number of likely N-dealkylation sites (tertiary alicyclic amines) is 1. The molecular formula is C12H17NO2. The summed E-state index contributed by atoms with van der Waals surface area (Å²) in [5, 5.41) is 0. The molecule has 0 unspecified atom stereocenters. The van der Waals surface area contributed by atoms with Crippen LogP contribution in [0.2, 0.25) is 0 Å². The van der Waals surface area contributed by atoms with Crippen LogP contribution in [0.15, 0.2) is 0 Å². The van der Waals surface area contributed by atoms with E-state index >= 15 is 0 Å². The Kier molecular flexibility index (Phi) is 2.08. The van der Waals surface area contributed by atoms with Crippen LogP contribution in [-0.2, 0) is 9.59 Å². The second kappa shape index (κ2) is 3.32. The number of amides is 2. The van der Waals surface area contributed by atoms with Gasteiger partial charge in [0.1, 0.15) is 0 Å². The standard InChI is InChI=1S/C12H17NO2/c14-11-3-4-12(15)13(11)7-10-6-8-1-2-9(10)5-8/h8-10H,1-7H2/t8-,9+,10+/m0/s1. The lowest BCUT2D eigenvalue weighted by Crippen LogP contribution is -2.35. The largest absolute Gasteiger partial charge is 0.282 e. The monoisotopic (exact) mass is 207 g/mol. The van der Waals surface area contributed by atoms with Gasteiger partial charge in [0.25, 0.3) is 0 Å². The number of hydrogen-bond acceptors (Lipinski definition) is 2. The Morgan fingerprint density at radius 1 is 1.07 bits per heavy atom. The van der Waals surface area contributed by atoms with Gasteiger partial charge in [-0.05, 0) is 37.0 Å². The predicted octanol–water partition coefficient (Wildman–Crippen LogP) is 1.57. The van der Waals surface area contributed by atoms with Gasteiger partial charge in [0.05, 0.1) is 0 Å². The Morgan fingerprint density at radius 2 is 1.80 bits per heavy atom. The number of carbonyl (C=O) groups is 2. The molecule has 2 aliphatic carbocycles. The lowest BCUT2D eigenvalue weighted by Gasteiger charge is -2.25. The van der Waals surface area contributed by atoms with E-state index in [1.807, 2.05) is 0 Å². The average Bonchev–Trinajstić information content (AvgIpc) is 2.89. The molecule has 1 aliphatic heterocycles. The van der Waals surface area contributed by atoms with Crippen LogP contribution in [0, 0.1) is 17.8 Å². The third-order valence-corrected chi connectivity index (χ3v) is 4.46. The first-order valence-electron chi connectivity index (χ1n) is 6.07. The van der Waals surface area contributed by atoms with E-state index in [1.165, 1.54) is 30.6 Å². The fourth-order valence-electron chi connectivity index (χ4n) is 3.66. The minimum Gasteiger partial charge on any atom is -0.282 e. The summed E-state index contributed by atoms with van der Waals surface area (Å²) < 4.78 is 0. The highest BCUT2D eigenvalue weighted by atomic mass is 16.2. The Hall–Kier alpha value is -0.860. The molecule has 3 nitrogen and oxygen atoms in total. The van der Waals surface area contributed by atoms with Crippen LogP contribution < -0.4 is 0 Å². The van der Waals surface area contributed by atoms with E-state index in [9.17, 15) is 9.59 Å². The molecule has 3 rings (SSSR count). The summed E-state index contributed by atoms with van der Waals surface area (Å²) in [4.78, 5) is 24.5. The SMILES string of the molecule is O=C1CCC(=O)N1C[C@H]1C[C@H]2CC[C@@H]1C2. The van der Waals surface area contributed by atoms with Crippen molar-refractivity contribution in [3.05, 3.63) is 0 Å². The van der Waals surface area contributed by atoms with Crippen molar-refractivity contribution in [2.24, 2.45) is 17.8 Å². The van der Waals surface area contributed by atoms with Crippen LogP contribution in [0.1, 0.15) is 38.5 Å². The Morgan fingerprint density at radius 3 is 2.33 bits per heavy atom. The second-order valence-corrected chi connectivity index (χ2v) is 5.33. The molecular weight excluding hydrogens is 190 g/mol. The molecule has 2 saturated carbocycles. The van der Waals surface area contributed by atoms with Crippen molar-refractivity contribution < 1.29 is 9.59 Å². The van der Waals surface area contributed by atoms with Crippen molar-refractivity contribution in [2.45, 2.75) is 38.5 Å². The van der Waals surface area contributed by atoms with Crippen molar-refractivity contribution in [1.29, 1.82) is 0 Å². The molecule has 1 heterocycles. The zero-order valence-corrected chi connectivity index (χ0v) is 8.95. The van der Waals surface area contributed by atoms with Gasteiger partial charge in [0, 0.05) is 19.4 Å². The van der Waals surface area contributed by atoms with Crippen molar-refractivity contribution in [3.63, 3.8) is 0 Å². The van der Waals surface area contributed by atoms with Gasteiger partial charge in [-0.15, -0.1) is 0 Å². The Labute approximate surface area is 89.8 Å². The highest BCUT2D eigenvalue weighted by Crippen LogP contribution is 2.48. The molecule has 0 aromatic carbocycles. The lowest BCUT2D eigenvalue weighted by molar-refractivity contribution is -0.139. The van der Waals surface area contributed by atoms with Crippen molar-refractivity contribution in [2.75, 3.05) is 6.54 Å². The van der Waals surface area contributed by atoms with Crippen molar-refractivity contribution in [3.8, 4) is 0 Å². The van der Waals surface area contributed by atoms with Gasteiger partial charge in [-0.25, -0.2) is 0 Å². The first-order chi connectivity index (χ1) is 7.24. The summed E-state index contributed by atoms with van der Waals surface area (Å²) >= 11 is 0. The predicted molar refractivity (Wildman–Crippen MR) is 54.9 cm³/mol. The normalized spacial score (nSPS) is 39.5. The number of carbonyl (C=O) groups excluding carboxylic acids is 2. The molecule has 3 atom stereocenters. The molecule has 15 heavy (non-hydrogen) atoms. The van der Waals surface area contributed by atoms with E-state index in [1.54, 1.807) is 0 Å². The molecule has 82 valence electrons. The highest BCUT2D eigenvalue weighted by molar-refractivity contribution is 6.01. The van der Waals surface area contributed by atoms with Crippen molar-refractivity contribution >= 4 is 11.8 Å². The van der Waals surface area contributed by atoms with Crippen LogP contribution >= 0.6 is 0 Å². The first kappa shape index (κ1) is 9.37. The first-order valence-corrected chi connectivity index (χ1v) is 6.07. The summed E-state index contributed by atoms with van der Waals surface area (Å²) in [6.45, 7) is 0.721. The van der Waals surface area contributed by atoms with E-state index in [0.717, 1.165) is 18.4 Å². The van der Waals surface area contributed by atoms with E-state index < -0.39 is 0 Å². The molecule has 2 amide bonds. The molecule has 3 aliphatic rings. The van der Waals surface area contributed by atoms with Gasteiger partial charge in [0.2, 0.25) is 11.8 Å². The molecule has 1 saturated heterocycles. The quantitative estimate of drug-likeness (QED) is 0.644. The Balaban J connectivity index is 1.65. The van der Waals surface area contributed by atoms with Crippen LogP contribution in [0.5, 0.6) is 0 Å². The van der Waals surface area contributed by atoms with Crippen LogP contribution in [0.4, 0.5) is 0 Å². The fourth-order valence-corrected chi connectivity index (χ4v) is 3.66. The van der Waals surface area contributed by atoms with Crippen LogP contribution in [0.25, 0.3) is 0 Å². The zero-order chi connectivity index (χ0) is 10.4.